The van der Waals surface area contributed by atoms with Crippen LogP contribution in [0, 0.1) is 11.3 Å². The summed E-state index contributed by atoms with van der Waals surface area (Å²) in [5.74, 6) is -0.559. The summed E-state index contributed by atoms with van der Waals surface area (Å²) >= 11 is 0. The highest BCUT2D eigenvalue weighted by Gasteiger charge is 2.23. The lowest BCUT2D eigenvalue weighted by molar-refractivity contribution is -0.162. The predicted octanol–water partition coefficient (Wildman–Crippen LogP) is 3.16. The molecule has 3 rings (SSSR count). The van der Waals surface area contributed by atoms with Gasteiger partial charge in [0.05, 0.1) is 30.0 Å². The number of para-hydroxylation sites is 1. The molecule has 0 bridgehead atoms. The Bertz CT molecular complexity index is 1200. The molecule has 0 radical (unpaired) electrons. The first kappa shape index (κ1) is 23.2. The topological polar surface area (TPSA) is 132 Å². The highest BCUT2D eigenvalue weighted by atomic mass is 16.6. The quantitative estimate of drug-likeness (QED) is 0.491. The fourth-order valence-corrected chi connectivity index (χ4v) is 3.12. The van der Waals surface area contributed by atoms with E-state index in [-0.39, 0.29) is 13.0 Å². The molecule has 9 heteroatoms. The molecule has 0 saturated carbocycles. The molecule has 0 aliphatic rings. The van der Waals surface area contributed by atoms with Gasteiger partial charge in [-0.15, -0.1) is 0 Å². The number of carbonyl (C=O) groups excluding carboxylic acids is 1. The molecule has 3 aromatic rings. The van der Waals surface area contributed by atoms with E-state index in [0.29, 0.717) is 34.1 Å². The van der Waals surface area contributed by atoms with Crippen LogP contribution in [0.3, 0.4) is 0 Å². The molecule has 9 nitrogen and oxygen atoms in total. The van der Waals surface area contributed by atoms with Crippen LogP contribution in [-0.4, -0.2) is 40.2 Å². The maximum atomic E-state index is 11.5. The van der Waals surface area contributed by atoms with Gasteiger partial charge in [-0.25, -0.2) is 14.8 Å². The zero-order valence-corrected chi connectivity index (χ0v) is 18.0. The number of ether oxygens (including phenoxy) is 3. The van der Waals surface area contributed by atoms with Crippen LogP contribution in [0.2, 0.25) is 0 Å². The van der Waals surface area contributed by atoms with Gasteiger partial charge in [-0.05, 0) is 42.0 Å². The van der Waals surface area contributed by atoms with E-state index in [1.54, 1.807) is 31.5 Å². The third-order valence-corrected chi connectivity index (χ3v) is 4.62. The van der Waals surface area contributed by atoms with E-state index in [9.17, 15) is 20.0 Å². The Kier molecular flexibility index (Phi) is 7.55. The molecule has 0 fully saturated rings. The number of esters is 1. The molecule has 1 aromatic heterocycles. The molecule has 0 aliphatic heterocycles. The van der Waals surface area contributed by atoms with Crippen molar-refractivity contribution < 1.29 is 28.9 Å². The molecule has 1 atom stereocenters. The lowest BCUT2D eigenvalue weighted by Crippen LogP contribution is -2.28. The summed E-state index contributed by atoms with van der Waals surface area (Å²) in [6.07, 6.45) is 0.0413. The second-order valence-corrected chi connectivity index (χ2v) is 6.94. The third-order valence-electron chi connectivity index (χ3n) is 4.62. The summed E-state index contributed by atoms with van der Waals surface area (Å²) in [6.45, 7) is 1.20. The van der Waals surface area contributed by atoms with Crippen LogP contribution in [-0.2, 0) is 27.4 Å². The Morgan fingerprint density at radius 1 is 1.15 bits per heavy atom. The molecule has 1 unspecified atom stereocenters. The van der Waals surface area contributed by atoms with E-state index in [1.807, 2.05) is 30.3 Å². The normalized spacial score (nSPS) is 11.2. The van der Waals surface area contributed by atoms with Gasteiger partial charge in [0.2, 0.25) is 6.10 Å². The second kappa shape index (κ2) is 10.7. The van der Waals surface area contributed by atoms with Crippen molar-refractivity contribution in [3.63, 3.8) is 0 Å². The number of carbonyl (C=O) groups is 2. The van der Waals surface area contributed by atoms with Crippen LogP contribution in [0.15, 0.2) is 54.7 Å². The Hall–Kier alpha value is -4.45. The molecular weight excluding hydrogens is 426 g/mol. The number of nitrogens with zero attached hydrogens (tertiary/aromatic N) is 3. The van der Waals surface area contributed by atoms with Gasteiger partial charge in [-0.2, -0.15) is 5.26 Å². The number of hydrogen-bond donors (Lipinski definition) is 1. The molecular formula is C24H21N3O6. The monoisotopic (exact) mass is 447 g/mol. The van der Waals surface area contributed by atoms with Gasteiger partial charge >= 0.3 is 11.9 Å². The Labute approximate surface area is 190 Å². The number of carboxylic acid groups (broad SMARTS) is 1. The van der Waals surface area contributed by atoms with E-state index >= 15 is 0 Å². The van der Waals surface area contributed by atoms with Gasteiger partial charge in [0, 0.05) is 19.5 Å². The van der Waals surface area contributed by atoms with Crippen molar-refractivity contribution in [2.75, 3.05) is 7.11 Å². The minimum atomic E-state index is -1.41. The standard InChI is InChI=1S/C24H21N3O6/c1-15(28)33-22(24(29)30)12-17-11-16(13-25)7-8-20(17)32-14-18-9-10-26-23(27-18)19-5-3-4-6-21(19)31-2/h3-11,22H,12,14H2,1-2H3,(H,29,30). The smallest absolute Gasteiger partial charge is 0.345 e. The first-order chi connectivity index (χ1) is 15.9. The minimum absolute atomic E-state index is 0.0644. The first-order valence-electron chi connectivity index (χ1n) is 9.92. The maximum absolute atomic E-state index is 11.5. The molecule has 0 saturated heterocycles. The summed E-state index contributed by atoms with van der Waals surface area (Å²) in [7, 11) is 1.57. The second-order valence-electron chi connectivity index (χ2n) is 6.94. The van der Waals surface area contributed by atoms with Crippen molar-refractivity contribution in [2.45, 2.75) is 26.1 Å². The van der Waals surface area contributed by atoms with Crippen molar-refractivity contribution in [3.05, 3.63) is 71.5 Å². The summed E-state index contributed by atoms with van der Waals surface area (Å²) in [5, 5.41) is 18.6. The largest absolute Gasteiger partial charge is 0.496 e. The number of benzene rings is 2. The van der Waals surface area contributed by atoms with Crippen molar-refractivity contribution in [2.24, 2.45) is 0 Å². The average Bonchev–Trinajstić information content (AvgIpc) is 2.82. The van der Waals surface area contributed by atoms with Gasteiger partial charge in [-0.3, -0.25) is 4.79 Å². The van der Waals surface area contributed by atoms with Crippen LogP contribution >= 0.6 is 0 Å². The number of aliphatic carboxylic acids is 1. The molecule has 1 heterocycles. The number of rotatable bonds is 9. The highest BCUT2D eigenvalue weighted by molar-refractivity contribution is 5.77. The molecule has 0 aliphatic carbocycles. The lowest BCUT2D eigenvalue weighted by Gasteiger charge is -2.16. The summed E-state index contributed by atoms with van der Waals surface area (Å²) in [5.41, 5.74) is 2.05. The number of methoxy groups -OCH3 is 1. The molecule has 33 heavy (non-hydrogen) atoms. The van der Waals surface area contributed by atoms with E-state index in [2.05, 4.69) is 9.97 Å². The third kappa shape index (κ3) is 6.04. The number of carboxylic acids is 1. The van der Waals surface area contributed by atoms with E-state index in [0.717, 1.165) is 12.5 Å². The number of hydrogen-bond acceptors (Lipinski definition) is 8. The van der Waals surface area contributed by atoms with Gasteiger partial charge in [0.1, 0.15) is 18.1 Å². The van der Waals surface area contributed by atoms with Crippen LogP contribution in [0.5, 0.6) is 11.5 Å². The summed E-state index contributed by atoms with van der Waals surface area (Å²) in [6, 6.07) is 15.7. The number of nitriles is 1. The highest BCUT2D eigenvalue weighted by Crippen LogP contribution is 2.27. The van der Waals surface area contributed by atoms with Crippen LogP contribution in [0.1, 0.15) is 23.7 Å². The zero-order chi connectivity index (χ0) is 23.8. The zero-order valence-electron chi connectivity index (χ0n) is 18.0. The Morgan fingerprint density at radius 2 is 1.94 bits per heavy atom. The maximum Gasteiger partial charge on any atom is 0.345 e. The molecule has 2 aromatic carbocycles. The van der Waals surface area contributed by atoms with Gasteiger partial charge < -0.3 is 19.3 Å². The molecule has 0 spiro atoms. The van der Waals surface area contributed by atoms with Gasteiger partial charge in [0.25, 0.3) is 0 Å². The van der Waals surface area contributed by atoms with E-state index < -0.39 is 18.0 Å². The lowest BCUT2D eigenvalue weighted by atomic mass is 10.0. The van der Waals surface area contributed by atoms with Gasteiger partial charge in [-0.1, -0.05) is 12.1 Å². The Balaban J connectivity index is 1.84. The van der Waals surface area contributed by atoms with Crippen LogP contribution in [0.25, 0.3) is 11.4 Å². The van der Waals surface area contributed by atoms with Gasteiger partial charge in [0.15, 0.2) is 5.82 Å². The molecule has 0 amide bonds. The molecule has 168 valence electrons. The van der Waals surface area contributed by atoms with E-state index in [4.69, 9.17) is 14.2 Å². The van der Waals surface area contributed by atoms with Crippen molar-refractivity contribution >= 4 is 11.9 Å². The minimum Gasteiger partial charge on any atom is -0.496 e. The van der Waals surface area contributed by atoms with Crippen molar-refractivity contribution in [1.82, 2.24) is 9.97 Å². The summed E-state index contributed by atoms with van der Waals surface area (Å²) < 4.78 is 16.1. The fraction of sp³-hybridized carbons (Fsp3) is 0.208. The number of aromatic nitrogens is 2. The predicted molar refractivity (Wildman–Crippen MR) is 116 cm³/mol. The first-order valence-corrected chi connectivity index (χ1v) is 9.92. The van der Waals surface area contributed by atoms with Crippen molar-refractivity contribution in [3.8, 4) is 29.0 Å². The summed E-state index contributed by atoms with van der Waals surface area (Å²) in [4.78, 5) is 31.6. The van der Waals surface area contributed by atoms with Crippen LogP contribution < -0.4 is 9.47 Å². The fourth-order valence-electron chi connectivity index (χ4n) is 3.12. The van der Waals surface area contributed by atoms with Crippen LogP contribution in [0.4, 0.5) is 0 Å². The average molecular weight is 447 g/mol. The Morgan fingerprint density at radius 3 is 2.64 bits per heavy atom. The molecule has 1 N–H and O–H groups in total. The van der Waals surface area contributed by atoms with E-state index in [1.165, 1.54) is 6.07 Å². The van der Waals surface area contributed by atoms with Crippen molar-refractivity contribution in [1.29, 1.82) is 5.26 Å². The SMILES string of the molecule is COc1ccccc1-c1nccc(COc2ccc(C#N)cc2CC(OC(C)=O)C(=O)O)n1.